The van der Waals surface area contributed by atoms with Gasteiger partial charge in [0.2, 0.25) is 11.8 Å². The number of nitrogens with one attached hydrogen (secondary N) is 2. The zero-order chi connectivity index (χ0) is 25.1. The van der Waals surface area contributed by atoms with Gasteiger partial charge < -0.3 is 26.2 Å². The molecule has 4 atom stereocenters. The van der Waals surface area contributed by atoms with Crippen LogP contribution in [0.5, 0.6) is 0 Å². The summed E-state index contributed by atoms with van der Waals surface area (Å²) >= 11 is 0. The second-order valence-corrected chi connectivity index (χ2v) is 8.61. The standard InChI is InChI=1S/C26H35N3O5/c1-17(2)24(26(33)34-3)29-25(32)20(16-18-10-6-4-7-11-18)28-22(31)15-14-21(30)23(27)19-12-8-5-9-13-19/h4-13,17,20-21,23-24,30H,14-16,27H2,1-3H3,(H,28,31)(H,29,32)/t20-,21-,23-,24-/m0/s1. The van der Waals surface area contributed by atoms with E-state index in [-0.39, 0.29) is 25.2 Å². The molecule has 5 N–H and O–H groups in total. The number of aliphatic hydroxyl groups is 1. The van der Waals surface area contributed by atoms with Crippen LogP contribution < -0.4 is 16.4 Å². The Morgan fingerprint density at radius 1 is 0.971 bits per heavy atom. The first-order chi connectivity index (χ1) is 16.2. The van der Waals surface area contributed by atoms with Crippen LogP contribution in [0, 0.1) is 5.92 Å². The van der Waals surface area contributed by atoms with Crippen molar-refractivity contribution >= 4 is 17.8 Å². The van der Waals surface area contributed by atoms with Crippen LogP contribution in [0.1, 0.15) is 43.9 Å². The number of amides is 2. The van der Waals surface area contributed by atoms with Crippen molar-refractivity contribution in [3.8, 4) is 0 Å². The molecule has 0 aliphatic carbocycles. The molecule has 0 spiro atoms. The SMILES string of the molecule is COC(=O)[C@@H](NC(=O)[C@H](Cc1ccccc1)NC(=O)CC[C@H](O)[C@@H](N)c1ccccc1)C(C)C. The van der Waals surface area contributed by atoms with Gasteiger partial charge >= 0.3 is 5.97 Å². The molecule has 0 aromatic heterocycles. The molecule has 0 aliphatic heterocycles. The van der Waals surface area contributed by atoms with Gasteiger partial charge in [0.15, 0.2) is 0 Å². The monoisotopic (exact) mass is 469 g/mol. The average Bonchev–Trinajstić information content (AvgIpc) is 2.85. The number of hydrogen-bond acceptors (Lipinski definition) is 6. The van der Waals surface area contributed by atoms with Gasteiger partial charge in [-0.15, -0.1) is 0 Å². The topological polar surface area (TPSA) is 131 Å². The normalized spacial score (nSPS) is 14.5. The van der Waals surface area contributed by atoms with Crippen LogP contribution in [0.2, 0.25) is 0 Å². The van der Waals surface area contributed by atoms with Gasteiger partial charge in [-0.2, -0.15) is 0 Å². The Balaban J connectivity index is 2.04. The first-order valence-electron chi connectivity index (χ1n) is 11.4. The van der Waals surface area contributed by atoms with E-state index in [1.54, 1.807) is 13.8 Å². The quantitative estimate of drug-likeness (QED) is 0.351. The van der Waals surface area contributed by atoms with E-state index in [2.05, 4.69) is 10.6 Å². The lowest BCUT2D eigenvalue weighted by atomic mass is 9.98. The van der Waals surface area contributed by atoms with Crippen molar-refractivity contribution in [3.63, 3.8) is 0 Å². The third-order valence-electron chi connectivity index (χ3n) is 5.62. The van der Waals surface area contributed by atoms with Crippen LogP contribution in [0.4, 0.5) is 0 Å². The number of esters is 1. The lowest BCUT2D eigenvalue weighted by Crippen LogP contribution is -2.54. The summed E-state index contributed by atoms with van der Waals surface area (Å²) in [6.07, 6.45) is -0.543. The molecule has 2 aromatic carbocycles. The zero-order valence-electron chi connectivity index (χ0n) is 19.9. The number of nitrogens with two attached hydrogens (primary N) is 1. The van der Waals surface area contributed by atoms with E-state index in [9.17, 15) is 19.5 Å². The molecule has 8 heteroatoms. The molecule has 0 fully saturated rings. The molecule has 0 radical (unpaired) electrons. The molecule has 2 rings (SSSR count). The second kappa shape index (κ2) is 13.5. The minimum absolute atomic E-state index is 0.00905. The smallest absolute Gasteiger partial charge is 0.328 e. The molecule has 0 heterocycles. The van der Waals surface area contributed by atoms with E-state index >= 15 is 0 Å². The first kappa shape index (κ1) is 27.0. The number of aliphatic hydroxyl groups excluding tert-OH is 1. The molecule has 34 heavy (non-hydrogen) atoms. The summed E-state index contributed by atoms with van der Waals surface area (Å²) in [6.45, 7) is 3.59. The van der Waals surface area contributed by atoms with Crippen molar-refractivity contribution in [2.45, 2.75) is 57.3 Å². The molecule has 0 saturated carbocycles. The van der Waals surface area contributed by atoms with Gasteiger partial charge in [-0.25, -0.2) is 4.79 Å². The van der Waals surface area contributed by atoms with E-state index < -0.39 is 42.0 Å². The Labute approximate surface area is 200 Å². The highest BCUT2D eigenvalue weighted by Gasteiger charge is 2.29. The van der Waals surface area contributed by atoms with Gasteiger partial charge in [0, 0.05) is 12.8 Å². The number of carbonyl (C=O) groups is 3. The number of hydrogen-bond donors (Lipinski definition) is 4. The predicted molar refractivity (Wildman–Crippen MR) is 129 cm³/mol. The van der Waals surface area contributed by atoms with Gasteiger partial charge in [0.1, 0.15) is 12.1 Å². The van der Waals surface area contributed by atoms with E-state index in [0.29, 0.717) is 0 Å². The fourth-order valence-corrected chi connectivity index (χ4v) is 3.56. The van der Waals surface area contributed by atoms with E-state index in [0.717, 1.165) is 11.1 Å². The minimum Gasteiger partial charge on any atom is -0.467 e. The zero-order valence-corrected chi connectivity index (χ0v) is 19.9. The molecule has 0 bridgehead atoms. The number of ether oxygens (including phenoxy) is 1. The average molecular weight is 470 g/mol. The molecule has 184 valence electrons. The number of benzene rings is 2. The summed E-state index contributed by atoms with van der Waals surface area (Å²) in [4.78, 5) is 37.8. The Kier molecular flexibility index (Phi) is 10.7. The molecular formula is C26H35N3O5. The van der Waals surface area contributed by atoms with Crippen molar-refractivity contribution in [3.05, 3.63) is 71.8 Å². The predicted octanol–water partition coefficient (Wildman–Crippen LogP) is 1.87. The maximum atomic E-state index is 13.0. The third-order valence-corrected chi connectivity index (χ3v) is 5.62. The van der Waals surface area contributed by atoms with Gasteiger partial charge in [-0.1, -0.05) is 74.5 Å². The van der Waals surface area contributed by atoms with E-state index in [4.69, 9.17) is 10.5 Å². The maximum absolute atomic E-state index is 13.0. The number of carbonyl (C=O) groups excluding carboxylic acids is 3. The lowest BCUT2D eigenvalue weighted by Gasteiger charge is -2.25. The lowest BCUT2D eigenvalue weighted by molar-refractivity contribution is -0.146. The Morgan fingerprint density at radius 3 is 2.12 bits per heavy atom. The first-order valence-corrected chi connectivity index (χ1v) is 11.4. The highest BCUT2D eigenvalue weighted by Crippen LogP contribution is 2.17. The second-order valence-electron chi connectivity index (χ2n) is 8.61. The van der Waals surface area contributed by atoms with Crippen LogP contribution in [-0.4, -0.2) is 48.2 Å². The number of methoxy groups -OCH3 is 1. The highest BCUT2D eigenvalue weighted by molar-refractivity contribution is 5.91. The van der Waals surface area contributed by atoms with Crippen LogP contribution in [0.25, 0.3) is 0 Å². The number of rotatable bonds is 12. The van der Waals surface area contributed by atoms with Gasteiger partial charge in [-0.05, 0) is 23.5 Å². The molecule has 0 saturated heterocycles. The molecule has 2 aromatic rings. The van der Waals surface area contributed by atoms with Gasteiger partial charge in [-0.3, -0.25) is 9.59 Å². The Morgan fingerprint density at radius 2 is 1.56 bits per heavy atom. The van der Waals surface area contributed by atoms with Crippen LogP contribution in [0.3, 0.4) is 0 Å². The van der Waals surface area contributed by atoms with Crippen molar-refractivity contribution in [2.75, 3.05) is 7.11 Å². The molecule has 0 unspecified atom stereocenters. The summed E-state index contributed by atoms with van der Waals surface area (Å²) in [5.41, 5.74) is 7.74. The van der Waals surface area contributed by atoms with Crippen molar-refractivity contribution in [1.82, 2.24) is 10.6 Å². The minimum atomic E-state index is -0.917. The fourth-order valence-electron chi connectivity index (χ4n) is 3.56. The fraction of sp³-hybridized carbons (Fsp3) is 0.423. The molecule has 8 nitrogen and oxygen atoms in total. The van der Waals surface area contributed by atoms with Gasteiger partial charge in [0.25, 0.3) is 0 Å². The van der Waals surface area contributed by atoms with Crippen molar-refractivity contribution in [2.24, 2.45) is 11.7 Å². The summed E-state index contributed by atoms with van der Waals surface area (Å²) in [5.74, 6) is -1.62. The summed E-state index contributed by atoms with van der Waals surface area (Å²) in [7, 11) is 1.26. The van der Waals surface area contributed by atoms with Crippen molar-refractivity contribution in [1.29, 1.82) is 0 Å². The van der Waals surface area contributed by atoms with Crippen LogP contribution in [0.15, 0.2) is 60.7 Å². The summed E-state index contributed by atoms with van der Waals surface area (Å²) in [5, 5.41) is 15.9. The van der Waals surface area contributed by atoms with E-state index in [1.807, 2.05) is 60.7 Å². The Bertz CT molecular complexity index is 921. The largest absolute Gasteiger partial charge is 0.467 e. The summed E-state index contributed by atoms with van der Waals surface area (Å²) < 4.78 is 4.80. The third kappa shape index (κ3) is 8.28. The van der Waals surface area contributed by atoms with E-state index in [1.165, 1.54) is 7.11 Å². The summed E-state index contributed by atoms with van der Waals surface area (Å²) in [6, 6.07) is 16.1. The van der Waals surface area contributed by atoms with Gasteiger partial charge in [0.05, 0.1) is 19.3 Å². The Hall–Kier alpha value is -3.23. The molecule has 0 aliphatic rings. The van der Waals surface area contributed by atoms with Crippen LogP contribution >= 0.6 is 0 Å². The highest BCUT2D eigenvalue weighted by atomic mass is 16.5. The van der Waals surface area contributed by atoms with Crippen LogP contribution in [-0.2, 0) is 25.5 Å². The maximum Gasteiger partial charge on any atom is 0.328 e. The molecule has 2 amide bonds. The van der Waals surface area contributed by atoms with Crippen molar-refractivity contribution < 1.29 is 24.2 Å². The molecular weight excluding hydrogens is 434 g/mol.